The lowest BCUT2D eigenvalue weighted by Gasteiger charge is -2.30. The Morgan fingerprint density at radius 1 is 1.16 bits per heavy atom. The van der Waals surface area contributed by atoms with Gasteiger partial charge in [0.15, 0.2) is 23.2 Å². The molecule has 0 spiro atoms. The zero-order chi connectivity index (χ0) is 27.7. The lowest BCUT2D eigenvalue weighted by molar-refractivity contribution is -0.139. The first-order valence-electron chi connectivity index (χ1n) is 11.8. The van der Waals surface area contributed by atoms with Crippen molar-refractivity contribution < 1.29 is 28.5 Å². The Bertz CT molecular complexity index is 1270. The molecule has 202 valence electrons. The molecule has 1 aliphatic heterocycles. The largest absolute Gasteiger partial charge is 0.493 e. The van der Waals surface area contributed by atoms with Gasteiger partial charge < -0.3 is 29.6 Å². The highest BCUT2D eigenvalue weighted by Gasteiger charge is 2.32. The fraction of sp³-hybridized carbons (Fsp3) is 0.308. The predicted molar refractivity (Wildman–Crippen MR) is 148 cm³/mol. The summed E-state index contributed by atoms with van der Waals surface area (Å²) in [5.74, 6) is 0.303. The van der Waals surface area contributed by atoms with E-state index in [4.69, 9.17) is 42.8 Å². The van der Waals surface area contributed by atoms with E-state index in [9.17, 15) is 9.59 Å². The Labute approximate surface area is 231 Å². The smallest absolute Gasteiger partial charge is 0.338 e. The van der Waals surface area contributed by atoms with Gasteiger partial charge in [-0.05, 0) is 56.8 Å². The molecular weight excluding hydrogens is 532 g/mol. The molecule has 1 amide bonds. The fourth-order valence-electron chi connectivity index (χ4n) is 3.71. The lowest BCUT2D eigenvalue weighted by atomic mass is 9.95. The lowest BCUT2D eigenvalue weighted by Crippen LogP contribution is -2.45. The predicted octanol–water partition coefficient (Wildman–Crippen LogP) is 3.63. The van der Waals surface area contributed by atoms with Crippen LogP contribution < -0.4 is 30.3 Å². The Morgan fingerprint density at radius 3 is 2.63 bits per heavy atom. The third-order valence-electron chi connectivity index (χ3n) is 5.30. The molecule has 0 aromatic heterocycles. The average molecular weight is 561 g/mol. The molecule has 1 heterocycles. The SMILES string of the molecule is CCOC(=O)C1=C(C)NC(=S)N[C@H]1c1ccccc1OCC(=O)NN=Cc1cc(Cl)c(OCC)c(OC)c1. The van der Waals surface area contributed by atoms with E-state index in [1.54, 1.807) is 50.2 Å². The van der Waals surface area contributed by atoms with Crippen LogP contribution in [0.2, 0.25) is 5.02 Å². The molecule has 0 saturated heterocycles. The molecular formula is C26H29ClN4O6S. The van der Waals surface area contributed by atoms with E-state index in [-0.39, 0.29) is 13.2 Å². The molecule has 0 fully saturated rings. The number of hydrogen-bond acceptors (Lipinski definition) is 8. The highest BCUT2D eigenvalue weighted by molar-refractivity contribution is 7.80. The highest BCUT2D eigenvalue weighted by Crippen LogP contribution is 2.36. The second-order valence-electron chi connectivity index (χ2n) is 7.88. The third-order valence-corrected chi connectivity index (χ3v) is 5.80. The molecule has 3 N–H and O–H groups in total. The van der Waals surface area contributed by atoms with Gasteiger partial charge in [-0.15, -0.1) is 0 Å². The number of rotatable bonds is 11. The molecule has 0 aliphatic carbocycles. The van der Waals surface area contributed by atoms with Crippen LogP contribution in [0.5, 0.6) is 17.2 Å². The van der Waals surface area contributed by atoms with Gasteiger partial charge in [-0.3, -0.25) is 4.79 Å². The molecule has 0 bridgehead atoms. The molecule has 38 heavy (non-hydrogen) atoms. The van der Waals surface area contributed by atoms with E-state index in [1.807, 2.05) is 6.92 Å². The van der Waals surface area contributed by atoms with Gasteiger partial charge in [0.1, 0.15) is 5.75 Å². The molecule has 10 nitrogen and oxygen atoms in total. The maximum absolute atomic E-state index is 12.7. The van der Waals surface area contributed by atoms with Crippen molar-refractivity contribution in [1.82, 2.24) is 16.1 Å². The molecule has 3 rings (SSSR count). The van der Waals surface area contributed by atoms with Crippen LogP contribution in [0.4, 0.5) is 0 Å². The number of para-hydroxylation sites is 1. The molecule has 12 heteroatoms. The van der Waals surface area contributed by atoms with Gasteiger partial charge in [-0.25, -0.2) is 10.2 Å². The van der Waals surface area contributed by atoms with Crippen LogP contribution in [0.3, 0.4) is 0 Å². The van der Waals surface area contributed by atoms with Crippen LogP contribution in [0.1, 0.15) is 37.9 Å². The summed E-state index contributed by atoms with van der Waals surface area (Å²) < 4.78 is 21.8. The number of esters is 1. The normalized spacial score (nSPS) is 15.0. The number of nitrogens with one attached hydrogen (secondary N) is 3. The van der Waals surface area contributed by atoms with Crippen molar-refractivity contribution in [3.05, 3.63) is 63.8 Å². The number of hydrogen-bond donors (Lipinski definition) is 3. The minimum Gasteiger partial charge on any atom is -0.493 e. The maximum Gasteiger partial charge on any atom is 0.338 e. The van der Waals surface area contributed by atoms with Crippen LogP contribution in [0.15, 0.2) is 52.8 Å². The van der Waals surface area contributed by atoms with Crippen molar-refractivity contribution in [2.24, 2.45) is 5.10 Å². The van der Waals surface area contributed by atoms with Gasteiger partial charge >= 0.3 is 5.97 Å². The van der Waals surface area contributed by atoms with E-state index in [0.29, 0.717) is 56.4 Å². The molecule has 1 aliphatic rings. The fourth-order valence-corrected chi connectivity index (χ4v) is 4.25. The van der Waals surface area contributed by atoms with E-state index in [2.05, 4.69) is 21.2 Å². The van der Waals surface area contributed by atoms with E-state index in [0.717, 1.165) is 0 Å². The summed E-state index contributed by atoms with van der Waals surface area (Å²) in [4.78, 5) is 25.1. The van der Waals surface area contributed by atoms with Gasteiger partial charge in [0, 0.05) is 11.3 Å². The topological polar surface area (TPSA) is 120 Å². The number of benzene rings is 2. The van der Waals surface area contributed by atoms with Crippen LogP contribution in [0, 0.1) is 0 Å². The van der Waals surface area contributed by atoms with Crippen molar-refractivity contribution >= 4 is 47.0 Å². The quantitative estimate of drug-likeness (QED) is 0.164. The summed E-state index contributed by atoms with van der Waals surface area (Å²) in [5, 5.41) is 10.7. The number of nitrogens with zero attached hydrogens (tertiary/aromatic N) is 1. The van der Waals surface area contributed by atoms with Crippen molar-refractivity contribution in [1.29, 1.82) is 0 Å². The first kappa shape index (κ1) is 28.7. The Hall–Kier alpha value is -3.83. The number of allylic oxidation sites excluding steroid dienone is 1. The average Bonchev–Trinajstić information content (AvgIpc) is 2.88. The van der Waals surface area contributed by atoms with Crippen molar-refractivity contribution in [2.45, 2.75) is 26.8 Å². The maximum atomic E-state index is 12.7. The van der Waals surface area contributed by atoms with Crippen molar-refractivity contribution in [3.63, 3.8) is 0 Å². The summed E-state index contributed by atoms with van der Waals surface area (Å²) in [6, 6.07) is 9.75. The molecule has 0 unspecified atom stereocenters. The van der Waals surface area contributed by atoms with Crippen LogP contribution in [-0.4, -0.2) is 50.1 Å². The Morgan fingerprint density at radius 2 is 1.92 bits per heavy atom. The number of carbonyl (C=O) groups is 2. The first-order valence-corrected chi connectivity index (χ1v) is 12.6. The van der Waals surface area contributed by atoms with E-state index < -0.39 is 17.9 Å². The van der Waals surface area contributed by atoms with Gasteiger partial charge in [-0.2, -0.15) is 5.10 Å². The van der Waals surface area contributed by atoms with Gasteiger partial charge in [0.05, 0.1) is 43.2 Å². The van der Waals surface area contributed by atoms with Crippen molar-refractivity contribution in [2.75, 3.05) is 26.9 Å². The molecule has 0 radical (unpaired) electrons. The third kappa shape index (κ3) is 7.14. The summed E-state index contributed by atoms with van der Waals surface area (Å²) >= 11 is 11.6. The minimum absolute atomic E-state index is 0.223. The molecule has 2 aromatic carbocycles. The zero-order valence-corrected chi connectivity index (χ0v) is 23.0. The zero-order valence-electron chi connectivity index (χ0n) is 21.4. The first-order chi connectivity index (χ1) is 18.3. The monoisotopic (exact) mass is 560 g/mol. The summed E-state index contributed by atoms with van der Waals surface area (Å²) in [5.41, 5.74) is 4.58. The second-order valence-corrected chi connectivity index (χ2v) is 8.69. The number of amides is 1. The van der Waals surface area contributed by atoms with Crippen LogP contribution >= 0.6 is 23.8 Å². The second kappa shape index (κ2) is 13.6. The summed E-state index contributed by atoms with van der Waals surface area (Å²) in [7, 11) is 1.51. The standard InChI is InChI=1S/C26H29ClN4O6S/c1-5-35-24-18(27)11-16(12-20(24)34-4)13-28-31-21(32)14-37-19-10-8-7-9-17(19)23-22(25(33)36-6-2)15(3)29-26(38)30-23/h7-13,23H,5-6,14H2,1-4H3,(H,31,32)(H2,29,30,38)/t23-/m0/s1. The van der Waals surface area contributed by atoms with Gasteiger partial charge in [0.2, 0.25) is 0 Å². The van der Waals surface area contributed by atoms with Crippen molar-refractivity contribution in [3.8, 4) is 17.2 Å². The minimum atomic E-state index is -0.625. The summed E-state index contributed by atoms with van der Waals surface area (Å²) in [6.07, 6.45) is 1.43. The van der Waals surface area contributed by atoms with Gasteiger partial charge in [0.25, 0.3) is 5.91 Å². The number of hydrazone groups is 1. The Kier molecular flexibility index (Phi) is 10.3. The number of halogens is 1. The van der Waals surface area contributed by atoms with E-state index >= 15 is 0 Å². The molecule has 0 saturated carbocycles. The highest BCUT2D eigenvalue weighted by atomic mass is 35.5. The van der Waals surface area contributed by atoms with E-state index in [1.165, 1.54) is 13.3 Å². The Balaban J connectivity index is 1.70. The number of methoxy groups -OCH3 is 1. The number of thiocarbonyl (C=S) groups is 1. The summed E-state index contributed by atoms with van der Waals surface area (Å²) in [6.45, 7) is 5.65. The van der Waals surface area contributed by atoms with Crippen LogP contribution in [-0.2, 0) is 14.3 Å². The van der Waals surface area contributed by atoms with Gasteiger partial charge in [-0.1, -0.05) is 29.8 Å². The molecule has 1 atom stereocenters. The number of ether oxygens (including phenoxy) is 4. The van der Waals surface area contributed by atoms with Crippen LogP contribution in [0.25, 0.3) is 0 Å². The molecule has 2 aromatic rings. The number of carbonyl (C=O) groups excluding carboxylic acids is 2.